The van der Waals surface area contributed by atoms with Gasteiger partial charge in [0.25, 0.3) is 0 Å². The van der Waals surface area contributed by atoms with Crippen molar-refractivity contribution < 1.29 is 5.11 Å². The smallest absolute Gasteiger partial charge is 0.0518 e. The molecule has 122 valence electrons. The van der Waals surface area contributed by atoms with Crippen molar-refractivity contribution in [2.24, 2.45) is 0 Å². The first kappa shape index (κ1) is 16.0. The number of rotatable bonds is 6. The Kier molecular flexibility index (Phi) is 5.51. The number of aliphatic hydroxyl groups excluding tert-OH is 1. The summed E-state index contributed by atoms with van der Waals surface area (Å²) in [4.78, 5) is 2.67. The van der Waals surface area contributed by atoms with Crippen LogP contribution in [0.25, 0.3) is 0 Å². The molecule has 3 nitrogen and oxygen atoms in total. The van der Waals surface area contributed by atoms with E-state index in [9.17, 15) is 5.11 Å². The maximum absolute atomic E-state index is 9.81. The molecule has 22 heavy (non-hydrogen) atoms. The lowest BCUT2D eigenvalue weighted by molar-refractivity contribution is 0.157. The molecule has 2 N–H and O–H groups in total. The molecule has 1 aromatic carbocycles. The molecule has 3 heteroatoms. The van der Waals surface area contributed by atoms with Crippen LogP contribution in [0.4, 0.5) is 0 Å². The second kappa shape index (κ2) is 7.58. The molecule has 2 aliphatic heterocycles. The van der Waals surface area contributed by atoms with E-state index in [0.717, 1.165) is 19.0 Å². The Labute approximate surface area is 134 Å². The van der Waals surface area contributed by atoms with E-state index in [0.29, 0.717) is 12.0 Å². The quantitative estimate of drug-likeness (QED) is 0.848. The normalized spacial score (nSPS) is 28.3. The highest BCUT2D eigenvalue weighted by atomic mass is 16.3. The van der Waals surface area contributed by atoms with Crippen molar-refractivity contribution in [3.63, 3.8) is 0 Å². The highest BCUT2D eigenvalue weighted by molar-refractivity contribution is 5.20. The Morgan fingerprint density at radius 2 is 2.05 bits per heavy atom. The lowest BCUT2D eigenvalue weighted by Gasteiger charge is -2.36. The summed E-state index contributed by atoms with van der Waals surface area (Å²) >= 11 is 0. The summed E-state index contributed by atoms with van der Waals surface area (Å²) in [7, 11) is 0. The van der Waals surface area contributed by atoms with Crippen molar-refractivity contribution >= 4 is 0 Å². The predicted octanol–water partition coefficient (Wildman–Crippen LogP) is 2.76. The number of nitrogens with one attached hydrogen (secondary N) is 1. The highest BCUT2D eigenvalue weighted by Crippen LogP contribution is 2.27. The largest absolute Gasteiger partial charge is 0.393 e. The number of nitrogens with zero attached hydrogens (tertiary/aromatic N) is 1. The van der Waals surface area contributed by atoms with E-state index >= 15 is 0 Å². The van der Waals surface area contributed by atoms with Gasteiger partial charge in [-0.25, -0.2) is 0 Å². The molecule has 0 spiro atoms. The molecule has 2 heterocycles. The number of hydrogen-bond acceptors (Lipinski definition) is 3. The zero-order valence-corrected chi connectivity index (χ0v) is 13.7. The summed E-state index contributed by atoms with van der Waals surface area (Å²) in [6.45, 7) is 5.44. The van der Waals surface area contributed by atoms with Gasteiger partial charge in [-0.3, -0.25) is 0 Å². The standard InChI is InChI=1S/C19H30N2O/c1-15(22)12-17(16-6-3-2-4-7-16)14-20-18-9-11-21-10-5-8-19(21)13-18/h2-4,6-7,15,17-20,22H,5,8-14H2,1H3. The van der Waals surface area contributed by atoms with E-state index in [1.165, 1.54) is 44.3 Å². The average Bonchev–Trinajstić information content (AvgIpc) is 2.99. The molecule has 0 saturated carbocycles. The van der Waals surface area contributed by atoms with Gasteiger partial charge < -0.3 is 15.3 Å². The van der Waals surface area contributed by atoms with Gasteiger partial charge in [-0.15, -0.1) is 0 Å². The van der Waals surface area contributed by atoms with Crippen LogP contribution in [0, 0.1) is 0 Å². The molecule has 3 rings (SSSR count). The number of benzene rings is 1. The third-order valence-corrected chi connectivity index (χ3v) is 5.37. The molecular formula is C19H30N2O. The van der Waals surface area contributed by atoms with Gasteiger partial charge in [0.05, 0.1) is 6.10 Å². The minimum Gasteiger partial charge on any atom is -0.393 e. The van der Waals surface area contributed by atoms with Crippen molar-refractivity contribution in [3.8, 4) is 0 Å². The van der Waals surface area contributed by atoms with Crippen LogP contribution in [0.1, 0.15) is 50.5 Å². The summed E-state index contributed by atoms with van der Waals surface area (Å²) in [6.07, 6.45) is 5.92. The first-order valence-corrected chi connectivity index (χ1v) is 8.93. The Morgan fingerprint density at radius 1 is 1.23 bits per heavy atom. The lowest BCUT2D eigenvalue weighted by Crippen LogP contribution is -2.46. The predicted molar refractivity (Wildman–Crippen MR) is 91.1 cm³/mol. The molecule has 0 amide bonds. The van der Waals surface area contributed by atoms with Gasteiger partial charge in [0.15, 0.2) is 0 Å². The fraction of sp³-hybridized carbons (Fsp3) is 0.684. The minimum absolute atomic E-state index is 0.247. The van der Waals surface area contributed by atoms with Gasteiger partial charge in [-0.2, -0.15) is 0 Å². The van der Waals surface area contributed by atoms with Gasteiger partial charge in [0, 0.05) is 18.6 Å². The van der Waals surface area contributed by atoms with Crippen LogP contribution in [0.2, 0.25) is 0 Å². The minimum atomic E-state index is -0.247. The van der Waals surface area contributed by atoms with Crippen LogP contribution in [0.3, 0.4) is 0 Å². The monoisotopic (exact) mass is 302 g/mol. The van der Waals surface area contributed by atoms with E-state index in [1.54, 1.807) is 0 Å². The van der Waals surface area contributed by atoms with Crippen molar-refractivity contribution in [1.29, 1.82) is 0 Å². The Morgan fingerprint density at radius 3 is 2.82 bits per heavy atom. The number of hydrogen-bond donors (Lipinski definition) is 2. The number of piperidine rings is 1. The van der Waals surface area contributed by atoms with E-state index in [4.69, 9.17) is 0 Å². The lowest BCUT2D eigenvalue weighted by atomic mass is 9.92. The van der Waals surface area contributed by atoms with E-state index in [2.05, 4.69) is 40.5 Å². The summed E-state index contributed by atoms with van der Waals surface area (Å²) in [5, 5.41) is 13.6. The fourth-order valence-corrected chi connectivity index (χ4v) is 4.19. The van der Waals surface area contributed by atoms with Gasteiger partial charge in [-0.1, -0.05) is 30.3 Å². The maximum atomic E-state index is 9.81. The number of fused-ring (bicyclic) bond motifs is 1. The molecule has 2 saturated heterocycles. The molecule has 0 aliphatic carbocycles. The number of aliphatic hydroxyl groups is 1. The van der Waals surface area contributed by atoms with Crippen LogP contribution >= 0.6 is 0 Å². The van der Waals surface area contributed by atoms with Crippen molar-refractivity contribution in [2.75, 3.05) is 19.6 Å². The summed E-state index contributed by atoms with van der Waals surface area (Å²) in [6, 6.07) is 12.1. The topological polar surface area (TPSA) is 35.5 Å². The SMILES string of the molecule is CC(O)CC(CNC1CCN2CCCC2C1)c1ccccc1. The molecule has 2 aliphatic rings. The van der Waals surface area contributed by atoms with Gasteiger partial charge in [0.1, 0.15) is 0 Å². The third-order valence-electron chi connectivity index (χ3n) is 5.37. The van der Waals surface area contributed by atoms with Crippen LogP contribution < -0.4 is 5.32 Å². The molecule has 4 unspecified atom stereocenters. The zero-order valence-electron chi connectivity index (χ0n) is 13.7. The van der Waals surface area contributed by atoms with Crippen molar-refractivity contribution in [1.82, 2.24) is 10.2 Å². The molecule has 1 aromatic rings. The van der Waals surface area contributed by atoms with Gasteiger partial charge in [0.2, 0.25) is 0 Å². The molecule has 4 atom stereocenters. The van der Waals surface area contributed by atoms with E-state index in [1.807, 2.05) is 6.92 Å². The summed E-state index contributed by atoms with van der Waals surface area (Å²) in [5.74, 6) is 0.405. The third kappa shape index (κ3) is 4.09. The van der Waals surface area contributed by atoms with E-state index in [-0.39, 0.29) is 6.10 Å². The zero-order chi connectivity index (χ0) is 15.4. The first-order valence-electron chi connectivity index (χ1n) is 8.93. The Balaban J connectivity index is 1.55. The van der Waals surface area contributed by atoms with Crippen molar-refractivity contribution in [3.05, 3.63) is 35.9 Å². The molecular weight excluding hydrogens is 272 g/mol. The van der Waals surface area contributed by atoms with Crippen LogP contribution in [-0.4, -0.2) is 47.8 Å². The Hall–Kier alpha value is -0.900. The van der Waals surface area contributed by atoms with Crippen LogP contribution in [0.15, 0.2) is 30.3 Å². The fourth-order valence-electron chi connectivity index (χ4n) is 4.19. The molecule has 0 bridgehead atoms. The molecule has 0 radical (unpaired) electrons. The second-order valence-corrected chi connectivity index (χ2v) is 7.15. The first-order chi connectivity index (χ1) is 10.7. The van der Waals surface area contributed by atoms with Crippen LogP contribution in [0.5, 0.6) is 0 Å². The summed E-state index contributed by atoms with van der Waals surface area (Å²) < 4.78 is 0. The maximum Gasteiger partial charge on any atom is 0.0518 e. The Bertz CT molecular complexity index is 448. The second-order valence-electron chi connectivity index (χ2n) is 7.15. The average molecular weight is 302 g/mol. The molecule has 0 aromatic heterocycles. The van der Waals surface area contributed by atoms with E-state index < -0.39 is 0 Å². The highest BCUT2D eigenvalue weighted by Gasteiger charge is 2.31. The van der Waals surface area contributed by atoms with Gasteiger partial charge >= 0.3 is 0 Å². The summed E-state index contributed by atoms with van der Waals surface area (Å²) in [5.41, 5.74) is 1.34. The van der Waals surface area contributed by atoms with Crippen molar-refractivity contribution in [2.45, 2.75) is 63.1 Å². The molecule has 2 fully saturated rings. The van der Waals surface area contributed by atoms with Crippen LogP contribution in [-0.2, 0) is 0 Å². The van der Waals surface area contributed by atoms with Gasteiger partial charge in [-0.05, 0) is 63.6 Å².